The minimum Gasteiger partial charge on any atom is -0.478 e. The smallest absolute Gasteiger partial charge is 0.337 e. The quantitative estimate of drug-likeness (QED) is 0.892. The number of halogens is 2. The third-order valence-electron chi connectivity index (χ3n) is 1.94. The van der Waals surface area contributed by atoms with Crippen LogP contribution < -0.4 is 0 Å². The summed E-state index contributed by atoms with van der Waals surface area (Å²) >= 11 is 6.51. The lowest BCUT2D eigenvalue weighted by atomic mass is 10.0. The van der Waals surface area contributed by atoms with E-state index in [1.165, 1.54) is 0 Å². The van der Waals surface area contributed by atoms with Crippen LogP contribution in [0.25, 0.3) is 0 Å². The molecule has 0 saturated carbocycles. The van der Waals surface area contributed by atoms with E-state index < -0.39 is 5.97 Å². The van der Waals surface area contributed by atoms with Gasteiger partial charge >= 0.3 is 5.97 Å². The lowest BCUT2D eigenvalue weighted by molar-refractivity contribution is 0.0695. The summed E-state index contributed by atoms with van der Waals surface area (Å²) in [5.74, 6) is -0.551. The number of carboxylic acid groups (broad SMARTS) is 1. The van der Waals surface area contributed by atoms with Gasteiger partial charge in [-0.1, -0.05) is 13.8 Å². The van der Waals surface area contributed by atoms with Gasteiger partial charge in [-0.25, -0.2) is 4.79 Å². The molecule has 0 amide bonds. The van der Waals surface area contributed by atoms with Gasteiger partial charge in [-0.15, -0.1) is 0 Å². The predicted octanol–water partition coefficient (Wildman–Crippen LogP) is 4.03. The molecule has 0 heterocycles. The van der Waals surface area contributed by atoms with E-state index in [4.69, 9.17) is 5.11 Å². The molecule has 0 atom stereocenters. The van der Waals surface area contributed by atoms with Crippen molar-refractivity contribution in [2.75, 3.05) is 0 Å². The fourth-order valence-electron chi connectivity index (χ4n) is 1.13. The molecule has 1 aromatic rings. The molecular weight excluding hydrogens is 312 g/mol. The van der Waals surface area contributed by atoms with E-state index in [0.717, 1.165) is 5.56 Å². The monoisotopic (exact) mass is 320 g/mol. The zero-order valence-corrected chi connectivity index (χ0v) is 11.0. The Morgan fingerprint density at radius 1 is 1.29 bits per heavy atom. The summed E-state index contributed by atoms with van der Waals surface area (Å²) in [7, 11) is 0. The van der Waals surface area contributed by atoms with Gasteiger partial charge in [0.15, 0.2) is 0 Å². The molecule has 0 bridgehead atoms. The first-order valence-electron chi connectivity index (χ1n) is 4.15. The normalized spacial score (nSPS) is 10.6. The third kappa shape index (κ3) is 2.36. The van der Waals surface area contributed by atoms with Gasteiger partial charge in [0.2, 0.25) is 0 Å². The van der Waals surface area contributed by atoms with Crippen molar-refractivity contribution in [3.8, 4) is 0 Å². The lowest BCUT2D eigenvalue weighted by Crippen LogP contribution is -2.01. The molecule has 4 heteroatoms. The molecule has 0 aliphatic rings. The Hall–Kier alpha value is -0.350. The third-order valence-corrected chi connectivity index (χ3v) is 3.20. The molecule has 0 fully saturated rings. The molecule has 1 rings (SSSR count). The molecule has 1 aromatic carbocycles. The Bertz CT molecular complexity index is 349. The number of benzene rings is 1. The molecule has 2 nitrogen and oxygen atoms in total. The minimum absolute atomic E-state index is 0.273. The molecule has 0 radical (unpaired) electrons. The lowest BCUT2D eigenvalue weighted by Gasteiger charge is -2.09. The van der Waals surface area contributed by atoms with Crippen LogP contribution in [0.5, 0.6) is 0 Å². The van der Waals surface area contributed by atoms with Crippen molar-refractivity contribution in [1.29, 1.82) is 0 Å². The van der Waals surface area contributed by atoms with Crippen LogP contribution in [0.3, 0.4) is 0 Å². The van der Waals surface area contributed by atoms with Crippen molar-refractivity contribution in [2.24, 2.45) is 0 Å². The summed E-state index contributed by atoms with van der Waals surface area (Å²) in [6.45, 7) is 4.13. The van der Waals surface area contributed by atoms with Crippen molar-refractivity contribution in [3.05, 3.63) is 32.2 Å². The highest BCUT2D eigenvalue weighted by Gasteiger charge is 2.14. The second kappa shape index (κ2) is 4.45. The van der Waals surface area contributed by atoms with Crippen LogP contribution in [-0.2, 0) is 0 Å². The van der Waals surface area contributed by atoms with Gasteiger partial charge in [0.1, 0.15) is 0 Å². The second-order valence-electron chi connectivity index (χ2n) is 3.32. The fourth-order valence-corrected chi connectivity index (χ4v) is 2.69. The Morgan fingerprint density at radius 3 is 2.00 bits per heavy atom. The fraction of sp³-hybridized carbons (Fsp3) is 0.300. The van der Waals surface area contributed by atoms with Crippen molar-refractivity contribution in [1.82, 2.24) is 0 Å². The van der Waals surface area contributed by atoms with E-state index in [-0.39, 0.29) is 5.56 Å². The standard InChI is InChI=1S/C10H10Br2O2/c1-5(2)6-3-7(11)9(10(13)14)8(12)4-6/h3-5H,1-2H3,(H,13,14). The van der Waals surface area contributed by atoms with Crippen LogP contribution in [0.2, 0.25) is 0 Å². The van der Waals surface area contributed by atoms with Gasteiger partial charge in [0.05, 0.1) is 5.56 Å². The van der Waals surface area contributed by atoms with Crippen molar-refractivity contribution < 1.29 is 9.90 Å². The summed E-state index contributed by atoms with van der Waals surface area (Å²) in [6.07, 6.45) is 0. The van der Waals surface area contributed by atoms with Crippen LogP contribution in [0, 0.1) is 0 Å². The zero-order chi connectivity index (χ0) is 10.9. The average Bonchev–Trinajstić information content (AvgIpc) is 2.01. The van der Waals surface area contributed by atoms with E-state index in [2.05, 4.69) is 45.7 Å². The molecular formula is C10H10Br2O2. The SMILES string of the molecule is CC(C)c1cc(Br)c(C(=O)O)c(Br)c1. The molecule has 0 aliphatic heterocycles. The molecule has 0 aliphatic carbocycles. The molecule has 1 N–H and O–H groups in total. The Labute approximate surface area is 99.6 Å². The molecule has 14 heavy (non-hydrogen) atoms. The maximum Gasteiger partial charge on any atom is 0.337 e. The number of hydrogen-bond acceptors (Lipinski definition) is 1. The van der Waals surface area contributed by atoms with Crippen LogP contribution in [0.15, 0.2) is 21.1 Å². The van der Waals surface area contributed by atoms with E-state index >= 15 is 0 Å². The van der Waals surface area contributed by atoms with Crippen LogP contribution >= 0.6 is 31.9 Å². The second-order valence-corrected chi connectivity index (χ2v) is 5.03. The molecule has 76 valence electrons. The number of hydrogen-bond donors (Lipinski definition) is 1. The topological polar surface area (TPSA) is 37.3 Å². The summed E-state index contributed by atoms with van der Waals surface area (Å²) in [6, 6.07) is 3.69. The average molecular weight is 322 g/mol. The zero-order valence-electron chi connectivity index (χ0n) is 7.84. The number of carbonyl (C=O) groups is 1. The molecule has 0 spiro atoms. The molecule has 0 saturated heterocycles. The maximum absolute atomic E-state index is 10.9. The number of carboxylic acids is 1. The van der Waals surface area contributed by atoms with E-state index in [0.29, 0.717) is 14.9 Å². The van der Waals surface area contributed by atoms with Crippen molar-refractivity contribution in [3.63, 3.8) is 0 Å². The summed E-state index contributed by atoms with van der Waals surface area (Å²) in [5.41, 5.74) is 1.38. The summed E-state index contributed by atoms with van der Waals surface area (Å²) in [5, 5.41) is 8.92. The number of rotatable bonds is 2. The van der Waals surface area contributed by atoms with Crippen LogP contribution in [0.1, 0.15) is 35.7 Å². The van der Waals surface area contributed by atoms with Gasteiger partial charge in [-0.3, -0.25) is 0 Å². The van der Waals surface area contributed by atoms with Gasteiger partial charge in [0, 0.05) is 8.95 Å². The van der Waals surface area contributed by atoms with Crippen molar-refractivity contribution in [2.45, 2.75) is 19.8 Å². The van der Waals surface area contributed by atoms with E-state index in [9.17, 15) is 4.79 Å². The Kier molecular flexibility index (Phi) is 3.72. The first-order chi connectivity index (χ1) is 6.43. The van der Waals surface area contributed by atoms with Crippen molar-refractivity contribution >= 4 is 37.8 Å². The molecule has 0 aromatic heterocycles. The van der Waals surface area contributed by atoms with Gasteiger partial charge < -0.3 is 5.11 Å². The van der Waals surface area contributed by atoms with E-state index in [1.54, 1.807) is 0 Å². The highest BCUT2D eigenvalue weighted by molar-refractivity contribution is 9.11. The van der Waals surface area contributed by atoms with Gasteiger partial charge in [-0.2, -0.15) is 0 Å². The van der Waals surface area contributed by atoms with Gasteiger partial charge in [-0.05, 0) is 55.5 Å². The number of aromatic carboxylic acids is 1. The first-order valence-corrected chi connectivity index (χ1v) is 5.74. The van der Waals surface area contributed by atoms with Crippen LogP contribution in [-0.4, -0.2) is 11.1 Å². The van der Waals surface area contributed by atoms with E-state index in [1.807, 2.05) is 12.1 Å². The van der Waals surface area contributed by atoms with Gasteiger partial charge in [0.25, 0.3) is 0 Å². The maximum atomic E-state index is 10.9. The summed E-state index contributed by atoms with van der Waals surface area (Å²) < 4.78 is 1.23. The molecule has 0 unspecified atom stereocenters. The Balaban J connectivity index is 3.32. The highest BCUT2D eigenvalue weighted by Crippen LogP contribution is 2.30. The largest absolute Gasteiger partial charge is 0.478 e. The minimum atomic E-state index is -0.931. The predicted molar refractivity (Wildman–Crippen MR) is 62.9 cm³/mol. The Morgan fingerprint density at radius 2 is 1.71 bits per heavy atom. The summed E-state index contributed by atoms with van der Waals surface area (Å²) in [4.78, 5) is 10.9. The highest BCUT2D eigenvalue weighted by atomic mass is 79.9. The van der Waals surface area contributed by atoms with Crippen LogP contribution in [0.4, 0.5) is 0 Å². The first kappa shape index (κ1) is 11.7.